The molecule has 1 fully saturated rings. The number of hydrogen-bond donors (Lipinski definition) is 2. The molecule has 2 atom stereocenters. The summed E-state index contributed by atoms with van der Waals surface area (Å²) in [4.78, 5) is 4.35. The zero-order valence-corrected chi connectivity index (χ0v) is 9.33. The second kappa shape index (κ2) is 4.25. The summed E-state index contributed by atoms with van der Waals surface area (Å²) in [6.07, 6.45) is 5.95. The average Bonchev–Trinajstić information content (AvgIpc) is 3.00. The van der Waals surface area contributed by atoms with Gasteiger partial charge >= 0.3 is 0 Å². The highest BCUT2D eigenvalue weighted by molar-refractivity contribution is 5.44. The first-order chi connectivity index (χ1) is 8.34. The lowest BCUT2D eigenvalue weighted by atomic mass is 9.85. The van der Waals surface area contributed by atoms with Gasteiger partial charge in [0.1, 0.15) is 0 Å². The first kappa shape index (κ1) is 10.4. The van der Waals surface area contributed by atoms with Gasteiger partial charge in [-0.1, -0.05) is 18.0 Å². The van der Waals surface area contributed by atoms with Gasteiger partial charge in [-0.2, -0.15) is 20.4 Å². The van der Waals surface area contributed by atoms with E-state index in [-0.39, 0.29) is 12.0 Å². The highest BCUT2D eigenvalue weighted by atomic mass is 16.5. The Morgan fingerprint density at radius 1 is 1.35 bits per heavy atom. The van der Waals surface area contributed by atoms with Crippen molar-refractivity contribution in [3.05, 3.63) is 12.1 Å². The molecule has 90 valence electrons. The first-order valence-electron chi connectivity index (χ1n) is 5.80. The molecule has 1 aliphatic carbocycles. The van der Waals surface area contributed by atoms with E-state index in [1.165, 1.54) is 12.8 Å². The van der Waals surface area contributed by atoms with Gasteiger partial charge in [-0.15, -0.1) is 0 Å². The van der Waals surface area contributed by atoms with E-state index in [2.05, 4.69) is 25.6 Å². The fraction of sp³-hybridized carbons (Fsp3) is 0.600. The van der Waals surface area contributed by atoms with Crippen molar-refractivity contribution in [3.8, 4) is 11.5 Å². The van der Waals surface area contributed by atoms with Crippen molar-refractivity contribution < 1.29 is 4.52 Å². The van der Waals surface area contributed by atoms with Gasteiger partial charge in [0.15, 0.2) is 5.69 Å². The third kappa shape index (κ3) is 1.93. The molecule has 7 nitrogen and oxygen atoms in total. The van der Waals surface area contributed by atoms with E-state index >= 15 is 0 Å². The zero-order chi connectivity index (χ0) is 11.7. The molecule has 2 aromatic heterocycles. The normalized spacial score (nSPS) is 25.0. The summed E-state index contributed by atoms with van der Waals surface area (Å²) in [5.74, 6) is 1.26. The number of aromatic nitrogens is 5. The number of rotatable bonds is 2. The molecule has 3 rings (SSSR count). The molecular formula is C10H14N6O. The van der Waals surface area contributed by atoms with Gasteiger partial charge in [-0.25, -0.2) is 0 Å². The standard InChI is InChI=1S/C10H14N6O/c11-7-4-2-1-3-6(7)10-13-9(15-17-10)8-5-12-16-14-8/h5-7H,1-4,11H2,(H,12,14,16). The van der Waals surface area contributed by atoms with Crippen LogP contribution in [0.4, 0.5) is 0 Å². The monoisotopic (exact) mass is 234 g/mol. The van der Waals surface area contributed by atoms with Crippen LogP contribution in [-0.4, -0.2) is 31.6 Å². The number of nitrogens with one attached hydrogen (secondary N) is 1. The quantitative estimate of drug-likeness (QED) is 0.797. The lowest BCUT2D eigenvalue weighted by Gasteiger charge is -2.25. The van der Waals surface area contributed by atoms with E-state index < -0.39 is 0 Å². The molecule has 1 aliphatic rings. The topological polar surface area (TPSA) is 107 Å². The Hall–Kier alpha value is -1.76. The predicted molar refractivity (Wildman–Crippen MR) is 58.9 cm³/mol. The third-order valence-corrected chi connectivity index (χ3v) is 3.22. The lowest BCUT2D eigenvalue weighted by Crippen LogP contribution is -2.31. The van der Waals surface area contributed by atoms with Crippen molar-refractivity contribution in [1.29, 1.82) is 0 Å². The van der Waals surface area contributed by atoms with Gasteiger partial charge in [0.2, 0.25) is 11.7 Å². The minimum atomic E-state index is 0.120. The fourth-order valence-corrected chi connectivity index (χ4v) is 2.27. The maximum atomic E-state index is 6.08. The van der Waals surface area contributed by atoms with E-state index in [1.807, 2.05) is 0 Å². The summed E-state index contributed by atoms with van der Waals surface area (Å²) in [5.41, 5.74) is 6.66. The molecule has 2 unspecified atom stereocenters. The van der Waals surface area contributed by atoms with E-state index in [0.717, 1.165) is 12.8 Å². The van der Waals surface area contributed by atoms with Crippen LogP contribution in [0.3, 0.4) is 0 Å². The Balaban J connectivity index is 1.84. The number of nitrogens with zero attached hydrogens (tertiary/aromatic N) is 4. The van der Waals surface area contributed by atoms with Gasteiger partial charge in [0, 0.05) is 6.04 Å². The molecule has 3 N–H and O–H groups in total. The molecule has 7 heteroatoms. The van der Waals surface area contributed by atoms with Crippen molar-refractivity contribution in [2.45, 2.75) is 37.6 Å². The van der Waals surface area contributed by atoms with Gasteiger partial charge < -0.3 is 10.3 Å². The van der Waals surface area contributed by atoms with E-state index in [4.69, 9.17) is 10.3 Å². The van der Waals surface area contributed by atoms with Crippen LogP contribution in [-0.2, 0) is 0 Å². The summed E-state index contributed by atoms with van der Waals surface area (Å²) in [7, 11) is 0. The SMILES string of the molecule is NC1CCCCC1c1nc(-c2cn[nH]n2)no1. The summed E-state index contributed by atoms with van der Waals surface area (Å²) in [6.45, 7) is 0. The van der Waals surface area contributed by atoms with Crippen LogP contribution in [0.15, 0.2) is 10.7 Å². The van der Waals surface area contributed by atoms with Gasteiger partial charge in [0.25, 0.3) is 0 Å². The van der Waals surface area contributed by atoms with E-state index in [9.17, 15) is 0 Å². The molecule has 1 saturated carbocycles. The number of hydrogen-bond acceptors (Lipinski definition) is 6. The largest absolute Gasteiger partial charge is 0.339 e. The molecular weight excluding hydrogens is 220 g/mol. The molecule has 0 radical (unpaired) electrons. The fourth-order valence-electron chi connectivity index (χ4n) is 2.27. The lowest BCUT2D eigenvalue weighted by molar-refractivity contribution is 0.290. The Kier molecular flexibility index (Phi) is 2.60. The summed E-state index contributed by atoms with van der Waals surface area (Å²) in [5, 5.41) is 14.0. The molecule has 2 heterocycles. The van der Waals surface area contributed by atoms with Gasteiger partial charge in [-0.3, -0.25) is 0 Å². The number of aromatic amines is 1. The Bertz CT molecular complexity index is 479. The van der Waals surface area contributed by atoms with Gasteiger partial charge in [-0.05, 0) is 12.8 Å². The van der Waals surface area contributed by atoms with E-state index in [1.54, 1.807) is 6.20 Å². The third-order valence-electron chi connectivity index (χ3n) is 3.22. The van der Waals surface area contributed by atoms with Crippen LogP contribution in [0.5, 0.6) is 0 Å². The first-order valence-corrected chi connectivity index (χ1v) is 5.80. The summed E-state index contributed by atoms with van der Waals surface area (Å²) in [6, 6.07) is 0.120. The van der Waals surface area contributed by atoms with Crippen LogP contribution < -0.4 is 5.73 Å². The maximum Gasteiger partial charge on any atom is 0.231 e. The van der Waals surface area contributed by atoms with Crippen LogP contribution in [0.2, 0.25) is 0 Å². The second-order valence-corrected chi connectivity index (χ2v) is 4.37. The molecule has 0 saturated heterocycles. The highest BCUT2D eigenvalue weighted by Gasteiger charge is 2.28. The molecule has 2 aromatic rings. The van der Waals surface area contributed by atoms with Crippen LogP contribution >= 0.6 is 0 Å². The van der Waals surface area contributed by atoms with Crippen molar-refractivity contribution in [2.24, 2.45) is 5.73 Å². The number of nitrogens with two attached hydrogens (primary N) is 1. The van der Waals surface area contributed by atoms with Crippen molar-refractivity contribution >= 4 is 0 Å². The molecule has 0 bridgehead atoms. The Morgan fingerprint density at radius 3 is 3.00 bits per heavy atom. The minimum absolute atomic E-state index is 0.120. The van der Waals surface area contributed by atoms with Crippen molar-refractivity contribution in [2.75, 3.05) is 0 Å². The predicted octanol–water partition coefficient (Wildman–Crippen LogP) is 0.840. The molecule has 17 heavy (non-hydrogen) atoms. The highest BCUT2D eigenvalue weighted by Crippen LogP contribution is 2.31. The summed E-state index contributed by atoms with van der Waals surface area (Å²) < 4.78 is 5.28. The molecule has 0 amide bonds. The van der Waals surface area contributed by atoms with Crippen molar-refractivity contribution in [3.63, 3.8) is 0 Å². The Labute approximate surface area is 97.8 Å². The Morgan fingerprint density at radius 2 is 2.24 bits per heavy atom. The van der Waals surface area contributed by atoms with E-state index in [0.29, 0.717) is 17.4 Å². The molecule has 0 aromatic carbocycles. The molecule has 0 aliphatic heterocycles. The summed E-state index contributed by atoms with van der Waals surface area (Å²) >= 11 is 0. The van der Waals surface area contributed by atoms with Crippen LogP contribution in [0.1, 0.15) is 37.5 Å². The van der Waals surface area contributed by atoms with Gasteiger partial charge in [0.05, 0.1) is 12.1 Å². The second-order valence-electron chi connectivity index (χ2n) is 4.37. The molecule has 0 spiro atoms. The smallest absolute Gasteiger partial charge is 0.231 e. The minimum Gasteiger partial charge on any atom is -0.339 e. The average molecular weight is 234 g/mol. The zero-order valence-electron chi connectivity index (χ0n) is 9.33. The van der Waals surface area contributed by atoms with Crippen LogP contribution in [0, 0.1) is 0 Å². The van der Waals surface area contributed by atoms with Crippen LogP contribution in [0.25, 0.3) is 11.5 Å². The van der Waals surface area contributed by atoms with Crippen molar-refractivity contribution in [1.82, 2.24) is 25.6 Å². The maximum absolute atomic E-state index is 6.08. The number of H-pyrrole nitrogens is 1.